The lowest BCUT2D eigenvalue weighted by Gasteiger charge is -2.32. The van der Waals surface area contributed by atoms with Crippen molar-refractivity contribution in [3.05, 3.63) is 301 Å². The minimum atomic E-state index is -0.454. The fourth-order valence-electron chi connectivity index (χ4n) is 13.1. The predicted molar refractivity (Wildman–Crippen MR) is 321 cm³/mol. The Kier molecular flexibility index (Phi) is 9.45. The van der Waals surface area contributed by atoms with E-state index < -0.39 is 5.41 Å². The second-order valence-electron chi connectivity index (χ2n) is 20.3. The van der Waals surface area contributed by atoms with Crippen molar-refractivity contribution >= 4 is 70.4 Å². The molecule has 16 rings (SSSR count). The first-order valence-electron chi connectivity index (χ1n) is 26.2. The lowest BCUT2D eigenvalue weighted by Crippen LogP contribution is -2.26. The average molecular weight is 983 g/mol. The molecule has 2 aliphatic carbocycles. The summed E-state index contributed by atoms with van der Waals surface area (Å²) in [6.07, 6.45) is 0. The monoisotopic (exact) mass is 982 g/mol. The quantitative estimate of drug-likeness (QED) is 0.154. The Morgan fingerprint density at radius 3 is 1.38 bits per heavy atom. The van der Waals surface area contributed by atoms with Crippen LogP contribution in [0.3, 0.4) is 0 Å². The highest BCUT2D eigenvalue weighted by atomic mass is 32.1. The van der Waals surface area contributed by atoms with E-state index in [0.717, 1.165) is 22.7 Å². The third-order valence-corrected chi connectivity index (χ3v) is 17.6. The Bertz CT molecular complexity index is 4540. The number of rotatable bonds is 7. The van der Waals surface area contributed by atoms with Crippen molar-refractivity contribution < 1.29 is 0 Å². The van der Waals surface area contributed by atoms with Crippen molar-refractivity contribution in [2.24, 2.45) is 0 Å². The molecule has 0 bridgehead atoms. The highest BCUT2D eigenvalue weighted by Gasteiger charge is 2.51. The van der Waals surface area contributed by atoms with Gasteiger partial charge in [0.2, 0.25) is 0 Å². The fourth-order valence-corrected chi connectivity index (χ4v) is 14.4. The Labute approximate surface area is 445 Å². The van der Waals surface area contributed by atoms with Crippen molar-refractivity contribution in [1.82, 2.24) is 4.57 Å². The number of nitrogens with zero attached hydrogens (tertiary/aromatic N) is 2. The van der Waals surface area contributed by atoms with Crippen LogP contribution in [0.4, 0.5) is 17.1 Å². The first kappa shape index (κ1) is 42.9. The van der Waals surface area contributed by atoms with E-state index in [9.17, 15) is 0 Å². The molecule has 0 saturated carbocycles. The predicted octanol–water partition coefficient (Wildman–Crippen LogP) is 20.0. The first-order chi connectivity index (χ1) is 37.7. The van der Waals surface area contributed by atoms with Gasteiger partial charge in [-0.05, 0) is 139 Å². The van der Waals surface area contributed by atoms with Gasteiger partial charge in [0.1, 0.15) is 0 Å². The van der Waals surface area contributed by atoms with Gasteiger partial charge in [-0.3, -0.25) is 0 Å². The van der Waals surface area contributed by atoms with Gasteiger partial charge in [-0.25, -0.2) is 0 Å². The standard InChI is InChI=1S/C73H46N2S/c1-3-17-47(18-4-1)49-31-37-52(38-32-49)74(55-43-44-59-58-23-9-14-28-66(58)73(67(59)45-55)64-26-12-7-21-56(64)57-22-8-13-27-65(57)73)53-41-35-51(36-42-53)62-46-63-60-24-10-15-29-68(60)75(54-39-33-50(34-40-54)48-19-5-2-6-20-48)71(63)70-61-25-11-16-30-69(61)76-72(62)70/h1-46H. The van der Waals surface area contributed by atoms with Crippen LogP contribution in [0.5, 0.6) is 0 Å². The van der Waals surface area contributed by atoms with Gasteiger partial charge in [0.15, 0.2) is 0 Å². The SMILES string of the molecule is c1ccc(-c2ccc(N(c3ccc(-c4cc5c6ccccc6n(-c6ccc(-c7ccccc7)cc6)c5c5c4sc4ccccc45)cc3)c3ccc4c(c3)C3(c5ccccc5-c5ccccc53)c3ccccc3-4)cc2)cc1. The maximum absolute atomic E-state index is 2.50. The van der Waals surface area contributed by atoms with Crippen LogP contribution in [0.25, 0.3) is 103 Å². The molecule has 0 amide bonds. The molecule has 14 aromatic rings. The van der Waals surface area contributed by atoms with E-state index >= 15 is 0 Å². The van der Waals surface area contributed by atoms with Crippen LogP contribution in [0.1, 0.15) is 22.3 Å². The number of thiophene rings is 1. The molecule has 2 aromatic heterocycles. The molecule has 0 fully saturated rings. The van der Waals surface area contributed by atoms with E-state index in [0.29, 0.717) is 0 Å². The van der Waals surface area contributed by atoms with Crippen LogP contribution in [0, 0.1) is 0 Å². The third kappa shape index (κ3) is 6.21. The highest BCUT2D eigenvalue weighted by Crippen LogP contribution is 2.63. The minimum absolute atomic E-state index is 0.454. The fraction of sp³-hybridized carbons (Fsp3) is 0.0137. The van der Waals surface area contributed by atoms with Crippen molar-refractivity contribution in [1.29, 1.82) is 0 Å². The summed E-state index contributed by atoms with van der Waals surface area (Å²) in [5, 5.41) is 5.07. The molecule has 0 unspecified atom stereocenters. The van der Waals surface area contributed by atoms with Crippen molar-refractivity contribution in [3.8, 4) is 61.3 Å². The van der Waals surface area contributed by atoms with Crippen LogP contribution < -0.4 is 4.90 Å². The van der Waals surface area contributed by atoms with E-state index in [1.807, 2.05) is 11.3 Å². The molecular formula is C73H46N2S. The molecule has 2 nitrogen and oxygen atoms in total. The second kappa shape index (κ2) is 16.7. The zero-order chi connectivity index (χ0) is 49.9. The van der Waals surface area contributed by atoms with Gasteiger partial charge in [-0.2, -0.15) is 0 Å². The van der Waals surface area contributed by atoms with Gasteiger partial charge in [-0.15, -0.1) is 11.3 Å². The maximum Gasteiger partial charge on any atom is 0.0726 e. The zero-order valence-corrected chi connectivity index (χ0v) is 42.2. The Morgan fingerprint density at radius 1 is 0.316 bits per heavy atom. The number of aromatic nitrogens is 1. The number of para-hydroxylation sites is 1. The number of fused-ring (bicyclic) bond motifs is 17. The largest absolute Gasteiger partial charge is 0.310 e. The summed E-state index contributed by atoms with van der Waals surface area (Å²) < 4.78 is 5.07. The topological polar surface area (TPSA) is 8.17 Å². The van der Waals surface area contributed by atoms with E-state index in [4.69, 9.17) is 0 Å². The second-order valence-corrected chi connectivity index (χ2v) is 21.4. The first-order valence-corrected chi connectivity index (χ1v) is 27.1. The van der Waals surface area contributed by atoms with E-state index in [1.54, 1.807) is 0 Å². The van der Waals surface area contributed by atoms with Crippen LogP contribution in [-0.2, 0) is 5.41 Å². The Hall–Kier alpha value is -9.54. The van der Waals surface area contributed by atoms with Gasteiger partial charge in [0.05, 0.1) is 16.4 Å². The molecule has 2 heterocycles. The van der Waals surface area contributed by atoms with Gasteiger partial charge in [0.25, 0.3) is 0 Å². The molecule has 0 aliphatic heterocycles. The summed E-state index contributed by atoms with van der Waals surface area (Å²) in [6.45, 7) is 0. The number of benzene rings is 12. The summed E-state index contributed by atoms with van der Waals surface area (Å²) in [4.78, 5) is 2.46. The molecule has 1 spiro atoms. The summed E-state index contributed by atoms with van der Waals surface area (Å²) in [7, 11) is 0. The molecule has 0 atom stereocenters. The van der Waals surface area contributed by atoms with Gasteiger partial charge >= 0.3 is 0 Å². The Morgan fingerprint density at radius 2 is 0.776 bits per heavy atom. The zero-order valence-electron chi connectivity index (χ0n) is 41.4. The lowest BCUT2D eigenvalue weighted by molar-refractivity contribution is 0.793. The normalized spacial score (nSPS) is 12.8. The van der Waals surface area contributed by atoms with Crippen LogP contribution >= 0.6 is 11.3 Å². The number of hydrogen-bond acceptors (Lipinski definition) is 2. The lowest BCUT2D eigenvalue weighted by atomic mass is 9.70. The smallest absolute Gasteiger partial charge is 0.0726 e. The summed E-state index contributed by atoms with van der Waals surface area (Å²) in [6, 6.07) is 104. The van der Waals surface area contributed by atoms with Crippen LogP contribution in [0.15, 0.2) is 279 Å². The van der Waals surface area contributed by atoms with E-state index in [2.05, 4.69) is 289 Å². The minimum Gasteiger partial charge on any atom is -0.310 e. The average Bonchev–Trinajstić information content (AvgIpc) is 4.42. The van der Waals surface area contributed by atoms with Gasteiger partial charge in [-0.1, -0.05) is 212 Å². The molecule has 0 N–H and O–H groups in total. The van der Waals surface area contributed by atoms with Gasteiger partial charge in [0, 0.05) is 59.3 Å². The number of hydrogen-bond donors (Lipinski definition) is 0. The maximum atomic E-state index is 2.50. The third-order valence-electron chi connectivity index (χ3n) is 16.4. The highest BCUT2D eigenvalue weighted by molar-refractivity contribution is 7.26. The van der Waals surface area contributed by atoms with E-state index in [1.165, 1.54) is 120 Å². The van der Waals surface area contributed by atoms with E-state index in [-0.39, 0.29) is 0 Å². The molecule has 76 heavy (non-hydrogen) atoms. The molecule has 3 heteroatoms. The molecular weight excluding hydrogens is 937 g/mol. The molecule has 354 valence electrons. The summed E-state index contributed by atoms with van der Waals surface area (Å²) >= 11 is 1.90. The van der Waals surface area contributed by atoms with Gasteiger partial charge < -0.3 is 9.47 Å². The molecule has 0 saturated heterocycles. The Balaban J connectivity index is 0.881. The summed E-state index contributed by atoms with van der Waals surface area (Å²) in [5.74, 6) is 0. The molecule has 0 radical (unpaired) electrons. The molecule has 2 aliphatic rings. The summed E-state index contributed by atoms with van der Waals surface area (Å²) in [5.41, 5.74) is 24.3. The van der Waals surface area contributed by atoms with Crippen molar-refractivity contribution in [3.63, 3.8) is 0 Å². The molecule has 12 aromatic carbocycles. The van der Waals surface area contributed by atoms with Crippen LogP contribution in [-0.4, -0.2) is 4.57 Å². The van der Waals surface area contributed by atoms with Crippen molar-refractivity contribution in [2.45, 2.75) is 5.41 Å². The number of anilines is 3. The van der Waals surface area contributed by atoms with Crippen LogP contribution in [0.2, 0.25) is 0 Å². The van der Waals surface area contributed by atoms with Crippen molar-refractivity contribution in [2.75, 3.05) is 4.90 Å².